The topological polar surface area (TPSA) is 144 Å². The van der Waals surface area contributed by atoms with Gasteiger partial charge in [-0.15, -0.1) is 0 Å². The van der Waals surface area contributed by atoms with Gasteiger partial charge in [-0.05, 0) is 45.0 Å². The number of halogens is 4. The van der Waals surface area contributed by atoms with Gasteiger partial charge in [-0.3, -0.25) is 10.1 Å². The minimum absolute atomic E-state index is 0.0475. The number of carboxylic acid groups (broad SMARTS) is 1. The smallest absolute Gasteiger partial charge is 0.410 e. The SMILES string of the molecule is COc1ccc([N+](=O)[O-])c(CCN(Cc2c(Nc3cc(F)c(Cl)cc3C(=O)O)ccc(F)c2F)C(=O)OC(C)(C)C)n1. The lowest BCUT2D eigenvalue weighted by Crippen LogP contribution is -2.38. The number of carboxylic acids is 1. The lowest BCUT2D eigenvalue weighted by molar-refractivity contribution is -0.386. The second-order valence-corrected chi connectivity index (χ2v) is 10.3. The van der Waals surface area contributed by atoms with Gasteiger partial charge in [0.25, 0.3) is 5.69 Å². The molecule has 0 unspecified atom stereocenters. The molecule has 1 heterocycles. The molecular weight excluding hydrogens is 585 g/mol. The number of aromatic nitrogens is 1. The number of carbonyl (C=O) groups is 2. The Balaban J connectivity index is 2.05. The summed E-state index contributed by atoms with van der Waals surface area (Å²) in [6, 6.07) is 5.93. The molecule has 0 aliphatic carbocycles. The first-order valence-electron chi connectivity index (χ1n) is 12.2. The summed E-state index contributed by atoms with van der Waals surface area (Å²) >= 11 is 5.71. The lowest BCUT2D eigenvalue weighted by Gasteiger charge is -2.28. The number of pyridine rings is 1. The van der Waals surface area contributed by atoms with Gasteiger partial charge in [0.1, 0.15) is 17.1 Å². The number of nitro groups is 1. The molecule has 0 bridgehead atoms. The molecule has 0 radical (unpaired) electrons. The van der Waals surface area contributed by atoms with Crippen molar-refractivity contribution in [1.82, 2.24) is 9.88 Å². The minimum Gasteiger partial charge on any atom is -0.481 e. The molecule has 15 heteroatoms. The molecule has 224 valence electrons. The van der Waals surface area contributed by atoms with E-state index in [4.69, 9.17) is 21.1 Å². The highest BCUT2D eigenvalue weighted by atomic mass is 35.5. The van der Waals surface area contributed by atoms with Gasteiger partial charge in [0.2, 0.25) is 5.88 Å². The van der Waals surface area contributed by atoms with E-state index in [-0.39, 0.29) is 41.6 Å². The highest BCUT2D eigenvalue weighted by Crippen LogP contribution is 2.32. The first-order valence-corrected chi connectivity index (χ1v) is 12.6. The molecule has 0 aliphatic heterocycles. The number of hydrogen-bond donors (Lipinski definition) is 2. The van der Waals surface area contributed by atoms with E-state index in [1.807, 2.05) is 0 Å². The number of benzene rings is 2. The largest absolute Gasteiger partial charge is 0.481 e. The van der Waals surface area contributed by atoms with Crippen molar-refractivity contribution in [2.24, 2.45) is 0 Å². The number of ether oxygens (including phenoxy) is 2. The molecular formula is C27H26ClF3N4O7. The van der Waals surface area contributed by atoms with Gasteiger partial charge in [0, 0.05) is 36.3 Å². The molecule has 42 heavy (non-hydrogen) atoms. The van der Waals surface area contributed by atoms with Crippen molar-refractivity contribution in [2.75, 3.05) is 19.0 Å². The minimum atomic E-state index is -1.48. The van der Waals surface area contributed by atoms with Gasteiger partial charge in [-0.1, -0.05) is 11.6 Å². The fourth-order valence-corrected chi connectivity index (χ4v) is 3.93. The monoisotopic (exact) mass is 610 g/mol. The molecule has 0 saturated heterocycles. The van der Waals surface area contributed by atoms with Crippen LogP contribution in [0.2, 0.25) is 5.02 Å². The molecule has 2 N–H and O–H groups in total. The number of hydrogen-bond acceptors (Lipinski definition) is 8. The maximum Gasteiger partial charge on any atom is 0.410 e. The van der Waals surface area contributed by atoms with Gasteiger partial charge in [0.05, 0.1) is 34.9 Å². The van der Waals surface area contributed by atoms with Crippen LogP contribution in [-0.2, 0) is 17.7 Å². The van der Waals surface area contributed by atoms with E-state index in [0.717, 1.165) is 29.2 Å². The third-order valence-corrected chi connectivity index (χ3v) is 6.00. The fourth-order valence-electron chi connectivity index (χ4n) is 3.77. The van der Waals surface area contributed by atoms with E-state index >= 15 is 4.39 Å². The summed E-state index contributed by atoms with van der Waals surface area (Å²) in [4.78, 5) is 40.8. The molecule has 0 saturated carbocycles. The second kappa shape index (κ2) is 12.9. The van der Waals surface area contributed by atoms with Crippen molar-refractivity contribution in [1.29, 1.82) is 0 Å². The van der Waals surface area contributed by atoms with Crippen LogP contribution >= 0.6 is 11.6 Å². The molecule has 1 aromatic heterocycles. The quantitative estimate of drug-likeness (QED) is 0.194. The summed E-state index contributed by atoms with van der Waals surface area (Å²) in [5, 5.41) is 23.2. The molecule has 0 spiro atoms. The first-order chi connectivity index (χ1) is 19.6. The third-order valence-electron chi connectivity index (χ3n) is 5.71. The van der Waals surface area contributed by atoms with Crippen molar-refractivity contribution < 1.29 is 42.3 Å². The molecule has 3 aromatic rings. The Morgan fingerprint density at radius 1 is 1.12 bits per heavy atom. The van der Waals surface area contributed by atoms with E-state index in [2.05, 4.69) is 10.3 Å². The molecule has 0 aliphatic rings. The van der Waals surface area contributed by atoms with Gasteiger partial charge in [0.15, 0.2) is 11.6 Å². The highest BCUT2D eigenvalue weighted by Gasteiger charge is 2.27. The maximum atomic E-state index is 15.2. The molecule has 1 amide bonds. The number of methoxy groups -OCH3 is 1. The van der Waals surface area contributed by atoms with Crippen LogP contribution in [-0.4, -0.2) is 51.2 Å². The van der Waals surface area contributed by atoms with Crippen molar-refractivity contribution in [2.45, 2.75) is 39.3 Å². The van der Waals surface area contributed by atoms with Crippen molar-refractivity contribution in [3.8, 4) is 5.88 Å². The summed E-state index contributed by atoms with van der Waals surface area (Å²) in [6.45, 7) is 3.79. The summed E-state index contributed by atoms with van der Waals surface area (Å²) < 4.78 is 54.3. The summed E-state index contributed by atoms with van der Waals surface area (Å²) in [5.41, 5.74) is -2.83. The first kappa shape index (κ1) is 31.9. The van der Waals surface area contributed by atoms with E-state index in [1.165, 1.54) is 19.2 Å². The zero-order valence-electron chi connectivity index (χ0n) is 22.8. The number of carbonyl (C=O) groups excluding carboxylic acids is 1. The van der Waals surface area contributed by atoms with Gasteiger partial charge in [-0.25, -0.2) is 27.7 Å². The standard InChI is InChI=1S/C27H26ClF3N4O7/c1-27(2,3)42-26(38)34(10-9-20-22(35(39)40)7-8-23(33-20)41-4)13-15-19(6-5-17(29)24(15)31)32-21-12-18(30)16(28)11-14(21)25(36)37/h5-8,11-12,32H,9-10,13H2,1-4H3,(H,36,37). The van der Waals surface area contributed by atoms with E-state index in [0.29, 0.717) is 0 Å². The van der Waals surface area contributed by atoms with Crippen LogP contribution in [0.5, 0.6) is 5.88 Å². The zero-order valence-corrected chi connectivity index (χ0v) is 23.6. The number of nitrogens with zero attached hydrogens (tertiary/aromatic N) is 3. The Morgan fingerprint density at radius 3 is 2.40 bits per heavy atom. The van der Waals surface area contributed by atoms with Crippen LogP contribution in [0.25, 0.3) is 0 Å². The van der Waals surface area contributed by atoms with Crippen LogP contribution in [0.1, 0.15) is 42.4 Å². The Labute approximate surface area is 243 Å². The lowest BCUT2D eigenvalue weighted by atomic mass is 10.1. The fraction of sp³-hybridized carbons (Fsp3) is 0.296. The second-order valence-electron chi connectivity index (χ2n) is 9.86. The predicted molar refractivity (Wildman–Crippen MR) is 146 cm³/mol. The average Bonchev–Trinajstić information content (AvgIpc) is 2.90. The Hall–Kier alpha value is -4.59. The van der Waals surface area contributed by atoms with Gasteiger partial charge < -0.3 is 24.8 Å². The number of aromatic carboxylic acids is 1. The van der Waals surface area contributed by atoms with E-state index < -0.39 is 62.7 Å². The van der Waals surface area contributed by atoms with Crippen molar-refractivity contribution in [3.63, 3.8) is 0 Å². The highest BCUT2D eigenvalue weighted by molar-refractivity contribution is 6.31. The Morgan fingerprint density at radius 2 is 1.81 bits per heavy atom. The van der Waals surface area contributed by atoms with Gasteiger partial charge in [-0.2, -0.15) is 0 Å². The maximum absolute atomic E-state index is 15.2. The molecule has 0 atom stereocenters. The van der Waals surface area contributed by atoms with Crippen LogP contribution in [0.15, 0.2) is 36.4 Å². The van der Waals surface area contributed by atoms with Crippen LogP contribution < -0.4 is 10.1 Å². The summed E-state index contributed by atoms with van der Waals surface area (Å²) in [5.74, 6) is -5.05. The zero-order chi connectivity index (χ0) is 31.4. The average molecular weight is 611 g/mol. The van der Waals surface area contributed by atoms with Crippen LogP contribution in [0, 0.1) is 27.6 Å². The Bertz CT molecular complexity index is 1530. The van der Waals surface area contributed by atoms with Crippen LogP contribution in [0.3, 0.4) is 0 Å². The Kier molecular flexibility index (Phi) is 9.83. The van der Waals surface area contributed by atoms with E-state index in [1.54, 1.807) is 20.8 Å². The predicted octanol–water partition coefficient (Wildman–Crippen LogP) is 6.49. The van der Waals surface area contributed by atoms with Crippen molar-refractivity contribution in [3.05, 3.63) is 85.8 Å². The normalized spacial score (nSPS) is 11.1. The summed E-state index contributed by atoms with van der Waals surface area (Å²) in [7, 11) is 1.31. The number of amides is 1. The van der Waals surface area contributed by atoms with Crippen molar-refractivity contribution >= 4 is 40.7 Å². The third kappa shape index (κ3) is 7.78. The van der Waals surface area contributed by atoms with Crippen LogP contribution in [0.4, 0.5) is 35.0 Å². The summed E-state index contributed by atoms with van der Waals surface area (Å²) in [6.07, 6.45) is -1.18. The van der Waals surface area contributed by atoms with E-state index in [9.17, 15) is 33.6 Å². The molecule has 0 fully saturated rings. The molecule has 3 rings (SSSR count). The molecule has 11 nitrogen and oxygen atoms in total. The molecule has 2 aromatic carbocycles. The number of nitrogens with one attached hydrogen (secondary N) is 1. The number of anilines is 2. The van der Waals surface area contributed by atoms with Gasteiger partial charge >= 0.3 is 12.1 Å². The number of rotatable bonds is 10.